The lowest BCUT2D eigenvalue weighted by Gasteiger charge is -2.35. The summed E-state index contributed by atoms with van der Waals surface area (Å²) >= 11 is 0. The van der Waals surface area contributed by atoms with E-state index in [1.165, 1.54) is 42.6 Å². The molecule has 9 aromatic carbocycles. The van der Waals surface area contributed by atoms with E-state index < -0.39 is 8.07 Å². The van der Waals surface area contributed by atoms with Gasteiger partial charge < -0.3 is 14.0 Å². The van der Waals surface area contributed by atoms with Gasteiger partial charge >= 0.3 is 6.92 Å². The Bertz CT molecular complexity index is 3090. The quantitative estimate of drug-likeness (QED) is 0.125. The van der Waals surface area contributed by atoms with Crippen molar-refractivity contribution in [3.63, 3.8) is 0 Å². The highest BCUT2D eigenvalue weighted by Gasteiger charge is 2.43. The first-order valence-corrected chi connectivity index (χ1v) is 22.3. The van der Waals surface area contributed by atoms with Crippen LogP contribution in [0.4, 0.5) is 0 Å². The van der Waals surface area contributed by atoms with Crippen LogP contribution in [0.1, 0.15) is 0 Å². The van der Waals surface area contributed by atoms with Gasteiger partial charge in [0.25, 0.3) is 0 Å². The second-order valence-corrected chi connectivity index (χ2v) is 19.4. The van der Waals surface area contributed by atoms with Gasteiger partial charge in [-0.15, -0.1) is 0 Å². The molecule has 3 heterocycles. The zero-order valence-electron chi connectivity index (χ0n) is 32.1. The molecule has 0 atom stereocenters. The van der Waals surface area contributed by atoms with Gasteiger partial charge in [-0.1, -0.05) is 170 Å². The maximum absolute atomic E-state index is 7.10. The van der Waals surface area contributed by atoms with Gasteiger partial charge in [-0.05, 0) is 79.9 Å². The van der Waals surface area contributed by atoms with E-state index in [0.717, 1.165) is 56.1 Å². The minimum Gasteiger partial charge on any atom is -0.551 e. The van der Waals surface area contributed by atoms with Crippen molar-refractivity contribution >= 4 is 68.5 Å². The number of nitrogens with zero attached hydrogens (tertiary/aromatic N) is 1. The zero-order valence-corrected chi connectivity index (χ0v) is 33.1. The Morgan fingerprint density at radius 1 is 0.390 bits per heavy atom. The molecule has 2 aliphatic rings. The molecule has 0 N–H and O–H groups in total. The molecule has 0 unspecified atom stereocenters. The Morgan fingerprint density at radius 2 is 0.966 bits per heavy atom. The lowest BCUT2D eigenvalue weighted by atomic mass is 9.50. The molecule has 0 aliphatic carbocycles. The molecule has 12 rings (SSSR count). The van der Waals surface area contributed by atoms with E-state index in [4.69, 9.17) is 9.39 Å². The molecule has 0 fully saturated rings. The van der Waals surface area contributed by atoms with Crippen LogP contribution in [0.15, 0.2) is 218 Å². The third kappa shape index (κ3) is 5.15. The summed E-state index contributed by atoms with van der Waals surface area (Å²) in [6.45, 7) is -0.305. The van der Waals surface area contributed by atoms with Crippen molar-refractivity contribution in [2.75, 3.05) is 0 Å². The van der Waals surface area contributed by atoms with E-state index in [2.05, 4.69) is 217 Å². The predicted octanol–water partition coefficient (Wildman–Crippen LogP) is 9.10. The normalized spacial score (nSPS) is 12.6. The van der Waals surface area contributed by atoms with Gasteiger partial charge in [0.1, 0.15) is 17.2 Å². The molecular formula is C54H36BNO2Si. The number of hydrogen-bond acceptors (Lipinski definition) is 2. The SMILES string of the molecule is c1ccc([Si](c2ccccc2)(c2ccccc2)c2cccc(-c3cc4c5c(c3)-c3ccc(-n6c7ccccc7c7ccccc76)cc3OB5c3ccccc3O4)c2)cc1. The Morgan fingerprint density at radius 3 is 1.63 bits per heavy atom. The maximum Gasteiger partial charge on any atom is 0.434 e. The average molecular weight is 770 g/mol. The Hall–Kier alpha value is -7.34. The minimum atomic E-state index is -2.75. The molecular weight excluding hydrogens is 733 g/mol. The first kappa shape index (κ1) is 33.8. The number of benzene rings is 9. The van der Waals surface area contributed by atoms with Gasteiger partial charge in [-0.25, -0.2) is 0 Å². The van der Waals surface area contributed by atoms with Crippen LogP contribution in [0.25, 0.3) is 49.7 Å². The summed E-state index contributed by atoms with van der Waals surface area (Å²) in [5.41, 5.74) is 9.97. The molecule has 2 aliphatic heterocycles. The summed E-state index contributed by atoms with van der Waals surface area (Å²) in [6, 6.07) is 79.5. The summed E-state index contributed by atoms with van der Waals surface area (Å²) in [4.78, 5) is 0. The first-order valence-electron chi connectivity index (χ1n) is 20.3. The van der Waals surface area contributed by atoms with Crippen LogP contribution >= 0.6 is 0 Å². The zero-order chi connectivity index (χ0) is 38.9. The number of ether oxygens (including phenoxy) is 1. The van der Waals surface area contributed by atoms with E-state index in [9.17, 15) is 0 Å². The lowest BCUT2D eigenvalue weighted by molar-refractivity contribution is 0.479. The number of aromatic nitrogens is 1. The molecule has 10 aromatic rings. The van der Waals surface area contributed by atoms with Gasteiger partial charge in [0, 0.05) is 39.0 Å². The van der Waals surface area contributed by atoms with Gasteiger partial charge in [0.05, 0.1) is 11.0 Å². The van der Waals surface area contributed by atoms with Gasteiger partial charge in [0.2, 0.25) is 0 Å². The molecule has 0 amide bonds. The number of para-hydroxylation sites is 3. The van der Waals surface area contributed by atoms with Crippen LogP contribution in [0, 0.1) is 0 Å². The van der Waals surface area contributed by atoms with Gasteiger partial charge in [0.15, 0.2) is 8.07 Å². The van der Waals surface area contributed by atoms with Crippen LogP contribution in [0.3, 0.4) is 0 Å². The fourth-order valence-corrected chi connectivity index (χ4v) is 14.6. The summed E-state index contributed by atoms with van der Waals surface area (Å²) in [7, 11) is -2.75. The van der Waals surface area contributed by atoms with Crippen molar-refractivity contribution in [3.8, 4) is 45.2 Å². The molecule has 0 saturated heterocycles. The molecule has 0 radical (unpaired) electrons. The molecule has 0 spiro atoms. The largest absolute Gasteiger partial charge is 0.551 e. The summed E-state index contributed by atoms with van der Waals surface area (Å²) < 4.78 is 16.3. The van der Waals surface area contributed by atoms with Crippen molar-refractivity contribution in [2.45, 2.75) is 0 Å². The number of fused-ring (bicyclic) bond motifs is 7. The van der Waals surface area contributed by atoms with Gasteiger partial charge in [-0.2, -0.15) is 0 Å². The molecule has 276 valence electrons. The maximum atomic E-state index is 7.10. The standard InChI is InChI=1S/C54H36BNO2Si/c1-4-18-40(19-5-1)59(41-20-6-2-7-21-41,42-22-8-3-9-23-42)43-24-16-17-37(33-43)38-34-47-46-32-31-39(56-49-28-13-10-25-44(49)45-26-11-14-29-50(45)56)36-52(46)58-55-48-27-12-15-30-51(48)57-53(35-38)54(47)55/h1-36H. The molecule has 0 bridgehead atoms. The van der Waals surface area contributed by atoms with Crippen molar-refractivity contribution in [1.82, 2.24) is 4.57 Å². The molecule has 0 saturated carbocycles. The fraction of sp³-hybridized carbons (Fsp3) is 0. The van der Waals surface area contributed by atoms with E-state index >= 15 is 0 Å². The Labute approximate surface area is 344 Å². The third-order valence-electron chi connectivity index (χ3n) is 12.4. The summed E-state index contributed by atoms with van der Waals surface area (Å²) in [6.07, 6.45) is 0. The van der Waals surface area contributed by atoms with E-state index in [0.29, 0.717) is 0 Å². The fourth-order valence-electron chi connectivity index (χ4n) is 9.85. The number of rotatable bonds is 6. The Kier molecular flexibility index (Phi) is 7.65. The smallest absolute Gasteiger partial charge is 0.434 e. The van der Waals surface area contributed by atoms with Crippen LogP contribution < -0.4 is 41.1 Å². The van der Waals surface area contributed by atoms with Crippen LogP contribution in [-0.4, -0.2) is 19.6 Å². The van der Waals surface area contributed by atoms with Crippen molar-refractivity contribution < 1.29 is 9.39 Å². The van der Waals surface area contributed by atoms with Crippen molar-refractivity contribution in [2.24, 2.45) is 0 Å². The van der Waals surface area contributed by atoms with Crippen molar-refractivity contribution in [1.29, 1.82) is 0 Å². The minimum absolute atomic E-state index is 0.305. The molecule has 59 heavy (non-hydrogen) atoms. The van der Waals surface area contributed by atoms with Gasteiger partial charge in [-0.3, -0.25) is 0 Å². The van der Waals surface area contributed by atoms with E-state index in [-0.39, 0.29) is 6.92 Å². The van der Waals surface area contributed by atoms with Crippen LogP contribution in [0.5, 0.6) is 17.2 Å². The molecule has 5 heteroatoms. The Balaban J connectivity index is 1.07. The van der Waals surface area contributed by atoms with Crippen molar-refractivity contribution in [3.05, 3.63) is 218 Å². The predicted molar refractivity (Wildman–Crippen MR) is 247 cm³/mol. The van der Waals surface area contributed by atoms with E-state index in [1.54, 1.807) is 0 Å². The highest BCUT2D eigenvalue weighted by Crippen LogP contribution is 2.43. The second kappa shape index (κ2) is 13.4. The monoisotopic (exact) mass is 769 g/mol. The summed E-state index contributed by atoms with van der Waals surface area (Å²) in [5.74, 6) is 2.52. The number of hydrogen-bond donors (Lipinski definition) is 0. The van der Waals surface area contributed by atoms with Crippen LogP contribution in [0.2, 0.25) is 0 Å². The lowest BCUT2D eigenvalue weighted by Crippen LogP contribution is -2.74. The highest BCUT2D eigenvalue weighted by molar-refractivity contribution is 7.19. The van der Waals surface area contributed by atoms with Crippen LogP contribution in [-0.2, 0) is 0 Å². The average Bonchev–Trinajstić information content (AvgIpc) is 3.65. The summed E-state index contributed by atoms with van der Waals surface area (Å²) in [5, 5.41) is 7.85. The second-order valence-electron chi connectivity index (χ2n) is 15.6. The molecule has 1 aromatic heterocycles. The highest BCUT2D eigenvalue weighted by atomic mass is 28.3. The topological polar surface area (TPSA) is 23.4 Å². The third-order valence-corrected chi connectivity index (χ3v) is 17.2. The van der Waals surface area contributed by atoms with E-state index in [1.807, 2.05) is 6.07 Å². The molecule has 3 nitrogen and oxygen atoms in total. The first-order chi connectivity index (χ1) is 29.3.